The van der Waals surface area contributed by atoms with Crippen LogP contribution >= 0.6 is 47.8 Å². The smallest absolute Gasteiger partial charge is 0.0302 e. The van der Waals surface area contributed by atoms with Gasteiger partial charge in [0.2, 0.25) is 0 Å². The van der Waals surface area contributed by atoms with E-state index in [0.29, 0.717) is 9.65 Å². The maximum absolute atomic E-state index is 4.02. The van der Waals surface area contributed by atoms with Gasteiger partial charge in [0.1, 0.15) is 0 Å². The first-order valence-electron chi connectivity index (χ1n) is 7.50. The fraction of sp³-hybridized carbons (Fsp3) is 1.00. The lowest BCUT2D eigenvalue weighted by molar-refractivity contribution is 0.261. The number of halogens is 3. The summed E-state index contributed by atoms with van der Waals surface area (Å²) in [5, 5.41) is 0. The normalized spacial score (nSPS) is 41.3. The molecule has 0 nitrogen and oxygen atoms in total. The molecule has 2 saturated carbocycles. The zero-order valence-electron chi connectivity index (χ0n) is 11.3. The molecular formula is C15H25Br3. The lowest BCUT2D eigenvalue weighted by Gasteiger charge is -2.37. The summed E-state index contributed by atoms with van der Waals surface area (Å²) in [6, 6.07) is 0. The summed E-state index contributed by atoms with van der Waals surface area (Å²) in [6.45, 7) is 2.41. The lowest BCUT2D eigenvalue weighted by Crippen LogP contribution is -2.34. The highest BCUT2D eigenvalue weighted by Crippen LogP contribution is 2.42. The first-order chi connectivity index (χ1) is 8.58. The molecule has 0 saturated heterocycles. The van der Waals surface area contributed by atoms with Crippen molar-refractivity contribution in [1.82, 2.24) is 0 Å². The molecule has 0 heterocycles. The van der Waals surface area contributed by atoms with E-state index in [2.05, 4.69) is 54.7 Å². The minimum absolute atomic E-state index is 0.677. The third kappa shape index (κ3) is 4.22. The number of rotatable bonds is 3. The molecule has 2 rings (SSSR count). The van der Waals surface area contributed by atoms with Crippen LogP contribution < -0.4 is 0 Å². The molecule has 0 N–H and O–H groups in total. The lowest BCUT2D eigenvalue weighted by atomic mass is 9.77. The molecule has 0 spiro atoms. The SMILES string of the molecule is CC1CCC(C(Br)C(Br)C2CCC(Br)CC2)CC1. The fourth-order valence-electron chi connectivity index (χ4n) is 3.52. The van der Waals surface area contributed by atoms with Crippen LogP contribution in [0.15, 0.2) is 0 Å². The zero-order valence-corrected chi connectivity index (χ0v) is 16.0. The van der Waals surface area contributed by atoms with Gasteiger partial charge in [-0.25, -0.2) is 0 Å². The molecule has 2 unspecified atom stereocenters. The molecule has 0 aliphatic heterocycles. The Morgan fingerprint density at radius 3 is 1.56 bits per heavy atom. The van der Waals surface area contributed by atoms with E-state index in [-0.39, 0.29) is 0 Å². The van der Waals surface area contributed by atoms with Gasteiger partial charge in [-0.05, 0) is 56.3 Å². The second-order valence-electron chi connectivity index (χ2n) is 6.42. The summed E-state index contributed by atoms with van der Waals surface area (Å²) < 4.78 is 0. The van der Waals surface area contributed by atoms with Crippen molar-refractivity contribution in [1.29, 1.82) is 0 Å². The molecule has 3 heteroatoms. The summed E-state index contributed by atoms with van der Waals surface area (Å²) >= 11 is 11.8. The standard InChI is InChI=1S/C15H25Br3/c1-10-2-4-11(5-3-10)14(17)15(18)12-6-8-13(16)9-7-12/h10-15H,2-9H2,1H3. The molecule has 2 fully saturated rings. The summed E-state index contributed by atoms with van der Waals surface area (Å²) in [5.74, 6) is 2.73. The van der Waals surface area contributed by atoms with Gasteiger partial charge in [0.25, 0.3) is 0 Å². The molecule has 2 aliphatic rings. The van der Waals surface area contributed by atoms with Gasteiger partial charge in [-0.3, -0.25) is 0 Å². The Morgan fingerprint density at radius 2 is 1.11 bits per heavy atom. The Kier molecular flexibility index (Phi) is 6.55. The van der Waals surface area contributed by atoms with Gasteiger partial charge >= 0.3 is 0 Å². The van der Waals surface area contributed by atoms with Crippen molar-refractivity contribution in [3.63, 3.8) is 0 Å². The topological polar surface area (TPSA) is 0 Å². The quantitative estimate of drug-likeness (QED) is 0.448. The molecular weight excluding hydrogens is 420 g/mol. The minimum atomic E-state index is 0.677. The van der Waals surface area contributed by atoms with Gasteiger partial charge in [0.05, 0.1) is 0 Å². The predicted octanol–water partition coefficient (Wildman–Crippen LogP) is 6.29. The summed E-state index contributed by atoms with van der Waals surface area (Å²) in [7, 11) is 0. The van der Waals surface area contributed by atoms with Gasteiger partial charge in [-0.1, -0.05) is 67.6 Å². The number of alkyl halides is 3. The second kappa shape index (κ2) is 7.45. The molecule has 0 aromatic heterocycles. The third-order valence-electron chi connectivity index (χ3n) is 4.97. The van der Waals surface area contributed by atoms with E-state index in [0.717, 1.165) is 22.6 Å². The third-order valence-corrected chi connectivity index (χ3v) is 9.23. The summed E-state index contributed by atoms with van der Waals surface area (Å²) in [5.41, 5.74) is 0. The van der Waals surface area contributed by atoms with E-state index in [1.807, 2.05) is 0 Å². The van der Waals surface area contributed by atoms with Gasteiger partial charge in [-0.15, -0.1) is 0 Å². The highest BCUT2D eigenvalue weighted by Gasteiger charge is 2.34. The molecule has 2 atom stereocenters. The predicted molar refractivity (Wildman–Crippen MR) is 91.2 cm³/mol. The maximum atomic E-state index is 4.02. The Labute approximate surface area is 137 Å². The monoisotopic (exact) mass is 442 g/mol. The Bertz CT molecular complexity index is 214. The fourth-order valence-corrected chi connectivity index (χ4v) is 5.97. The Balaban J connectivity index is 1.82. The van der Waals surface area contributed by atoms with Crippen molar-refractivity contribution in [2.45, 2.75) is 72.8 Å². The molecule has 106 valence electrons. The van der Waals surface area contributed by atoms with Crippen LogP contribution in [0, 0.1) is 17.8 Å². The highest BCUT2D eigenvalue weighted by atomic mass is 79.9. The van der Waals surface area contributed by atoms with E-state index in [1.54, 1.807) is 0 Å². The molecule has 0 amide bonds. The van der Waals surface area contributed by atoms with Crippen molar-refractivity contribution in [3.8, 4) is 0 Å². The van der Waals surface area contributed by atoms with Gasteiger partial charge in [0, 0.05) is 14.5 Å². The van der Waals surface area contributed by atoms with Crippen LogP contribution in [-0.2, 0) is 0 Å². The first kappa shape index (κ1) is 15.8. The van der Waals surface area contributed by atoms with E-state index in [9.17, 15) is 0 Å². The van der Waals surface area contributed by atoms with Crippen molar-refractivity contribution >= 4 is 47.8 Å². The van der Waals surface area contributed by atoms with Gasteiger partial charge in [-0.2, -0.15) is 0 Å². The highest BCUT2D eigenvalue weighted by molar-refractivity contribution is 9.12. The van der Waals surface area contributed by atoms with Crippen LogP contribution in [0.25, 0.3) is 0 Å². The van der Waals surface area contributed by atoms with Gasteiger partial charge < -0.3 is 0 Å². The van der Waals surface area contributed by atoms with Crippen molar-refractivity contribution in [3.05, 3.63) is 0 Å². The number of hydrogen-bond acceptors (Lipinski definition) is 0. The minimum Gasteiger partial charge on any atom is -0.0891 e. The molecule has 0 aromatic carbocycles. The van der Waals surface area contributed by atoms with E-state index >= 15 is 0 Å². The number of hydrogen-bond donors (Lipinski definition) is 0. The van der Waals surface area contributed by atoms with E-state index < -0.39 is 0 Å². The first-order valence-corrected chi connectivity index (χ1v) is 10.2. The van der Waals surface area contributed by atoms with E-state index in [1.165, 1.54) is 51.4 Å². The Morgan fingerprint density at radius 1 is 0.722 bits per heavy atom. The van der Waals surface area contributed by atoms with Crippen LogP contribution in [0.1, 0.15) is 58.3 Å². The average molecular weight is 445 g/mol. The van der Waals surface area contributed by atoms with Gasteiger partial charge in [0.15, 0.2) is 0 Å². The van der Waals surface area contributed by atoms with Crippen LogP contribution in [-0.4, -0.2) is 14.5 Å². The Hall–Kier alpha value is 1.44. The molecule has 0 bridgehead atoms. The summed E-state index contributed by atoms with van der Waals surface area (Å²) in [4.78, 5) is 2.13. The van der Waals surface area contributed by atoms with Crippen molar-refractivity contribution in [2.75, 3.05) is 0 Å². The van der Waals surface area contributed by atoms with Crippen LogP contribution in [0.4, 0.5) is 0 Å². The van der Waals surface area contributed by atoms with Crippen LogP contribution in [0.3, 0.4) is 0 Å². The van der Waals surface area contributed by atoms with Crippen LogP contribution in [0.5, 0.6) is 0 Å². The molecule has 2 aliphatic carbocycles. The zero-order chi connectivity index (χ0) is 13.1. The maximum Gasteiger partial charge on any atom is 0.0302 e. The second-order valence-corrected chi connectivity index (χ2v) is 9.83. The average Bonchev–Trinajstić information content (AvgIpc) is 2.39. The molecule has 18 heavy (non-hydrogen) atoms. The van der Waals surface area contributed by atoms with Crippen molar-refractivity contribution < 1.29 is 0 Å². The van der Waals surface area contributed by atoms with E-state index in [4.69, 9.17) is 0 Å². The molecule has 0 aromatic rings. The summed E-state index contributed by atoms with van der Waals surface area (Å²) in [6.07, 6.45) is 11.2. The van der Waals surface area contributed by atoms with Crippen molar-refractivity contribution in [2.24, 2.45) is 17.8 Å². The largest absolute Gasteiger partial charge is 0.0891 e. The van der Waals surface area contributed by atoms with Crippen LogP contribution in [0.2, 0.25) is 0 Å². The molecule has 0 radical (unpaired) electrons.